The van der Waals surface area contributed by atoms with Crippen LogP contribution in [0.1, 0.15) is 73.1 Å². The zero-order chi connectivity index (χ0) is 15.8. The molecular formula is C18H38O2P+. The molecule has 0 spiro atoms. The molecule has 126 valence electrons. The lowest BCUT2D eigenvalue weighted by Gasteiger charge is -2.30. The van der Waals surface area contributed by atoms with Crippen molar-refractivity contribution in [2.75, 3.05) is 31.3 Å². The average molecular weight is 317 g/mol. The third kappa shape index (κ3) is 6.97. The summed E-state index contributed by atoms with van der Waals surface area (Å²) in [4.78, 5) is 0. The molecule has 1 heterocycles. The molecule has 1 unspecified atom stereocenters. The predicted octanol–water partition coefficient (Wildman–Crippen LogP) is 5.56. The van der Waals surface area contributed by atoms with Crippen molar-refractivity contribution in [2.24, 2.45) is 0 Å². The van der Waals surface area contributed by atoms with Crippen molar-refractivity contribution in [3.05, 3.63) is 0 Å². The fraction of sp³-hybridized carbons (Fsp3) is 1.00. The zero-order valence-corrected chi connectivity index (χ0v) is 16.0. The van der Waals surface area contributed by atoms with E-state index in [1.54, 1.807) is 0 Å². The minimum atomic E-state index is -0.856. The molecule has 1 atom stereocenters. The lowest BCUT2D eigenvalue weighted by atomic mass is 10.4. The summed E-state index contributed by atoms with van der Waals surface area (Å²) in [6.45, 7) is 11.9. The minimum Gasteiger partial charge on any atom is -0.348 e. The van der Waals surface area contributed by atoms with Gasteiger partial charge in [-0.2, -0.15) is 0 Å². The van der Waals surface area contributed by atoms with Crippen molar-refractivity contribution in [1.82, 2.24) is 0 Å². The van der Waals surface area contributed by atoms with E-state index >= 15 is 0 Å². The molecule has 0 bridgehead atoms. The molecule has 0 amide bonds. The van der Waals surface area contributed by atoms with E-state index < -0.39 is 7.26 Å². The summed E-state index contributed by atoms with van der Waals surface area (Å²) in [7, 11) is -0.856. The van der Waals surface area contributed by atoms with Gasteiger partial charge in [-0.05, 0) is 33.1 Å². The first-order chi connectivity index (χ1) is 9.97. The topological polar surface area (TPSA) is 18.5 Å². The van der Waals surface area contributed by atoms with E-state index in [1.807, 2.05) is 0 Å². The highest BCUT2D eigenvalue weighted by molar-refractivity contribution is 7.75. The summed E-state index contributed by atoms with van der Waals surface area (Å²) in [6, 6.07) is 0. The van der Waals surface area contributed by atoms with Gasteiger partial charge in [-0.3, -0.25) is 0 Å². The van der Waals surface area contributed by atoms with Crippen LogP contribution in [0, 0.1) is 0 Å². The smallest absolute Gasteiger partial charge is 0.163 e. The van der Waals surface area contributed by atoms with E-state index in [-0.39, 0.29) is 5.79 Å². The van der Waals surface area contributed by atoms with E-state index in [0.717, 1.165) is 6.61 Å². The summed E-state index contributed by atoms with van der Waals surface area (Å²) < 4.78 is 12.0. The highest BCUT2D eigenvalue weighted by Crippen LogP contribution is 2.61. The molecule has 3 heteroatoms. The fourth-order valence-electron chi connectivity index (χ4n) is 3.37. The van der Waals surface area contributed by atoms with Crippen LogP contribution in [0.4, 0.5) is 0 Å². The number of hydrogen-bond donors (Lipinski definition) is 0. The third-order valence-corrected chi connectivity index (χ3v) is 9.59. The third-order valence-electron chi connectivity index (χ3n) is 4.62. The van der Waals surface area contributed by atoms with Gasteiger partial charge in [-0.25, -0.2) is 0 Å². The summed E-state index contributed by atoms with van der Waals surface area (Å²) in [5.41, 5.74) is 0. The average Bonchev–Trinajstić information content (AvgIpc) is 2.79. The van der Waals surface area contributed by atoms with E-state index in [4.69, 9.17) is 9.47 Å². The Bertz CT molecular complexity index is 257. The van der Waals surface area contributed by atoms with Crippen molar-refractivity contribution in [3.63, 3.8) is 0 Å². The maximum absolute atomic E-state index is 6.15. The van der Waals surface area contributed by atoms with E-state index in [1.165, 1.54) is 63.2 Å². The summed E-state index contributed by atoms with van der Waals surface area (Å²) in [6.07, 6.45) is 14.3. The largest absolute Gasteiger partial charge is 0.348 e. The molecule has 0 aromatic carbocycles. The molecular weight excluding hydrogens is 279 g/mol. The lowest BCUT2D eigenvalue weighted by molar-refractivity contribution is -0.135. The van der Waals surface area contributed by atoms with Crippen LogP contribution in [0.2, 0.25) is 0 Å². The second-order valence-corrected chi connectivity index (χ2v) is 11.6. The summed E-state index contributed by atoms with van der Waals surface area (Å²) in [5.74, 6) is -0.361. The highest BCUT2D eigenvalue weighted by Gasteiger charge is 2.43. The van der Waals surface area contributed by atoms with Gasteiger partial charge in [-0.15, -0.1) is 0 Å². The minimum absolute atomic E-state index is 0.346. The normalized spacial score (nSPS) is 21.9. The molecule has 1 fully saturated rings. The number of ether oxygens (including phenoxy) is 2. The van der Waals surface area contributed by atoms with Crippen LogP contribution in [0.3, 0.4) is 0 Å². The Kier molecular flexibility index (Phi) is 8.76. The quantitative estimate of drug-likeness (QED) is 0.465. The van der Waals surface area contributed by atoms with E-state index in [9.17, 15) is 0 Å². The summed E-state index contributed by atoms with van der Waals surface area (Å²) >= 11 is 0. The standard InChI is InChI=1S/C18H38O2P/c1-6-9-12-21(13-10-7-2,14-11-8-3)16-17-15-19-18(4,5)20-17/h17H,6-16H2,1-5H3/q+1. The van der Waals surface area contributed by atoms with Gasteiger partial charge in [0, 0.05) is 7.26 Å². The van der Waals surface area contributed by atoms with Crippen LogP contribution in [0.25, 0.3) is 0 Å². The Morgan fingerprint density at radius 1 is 0.905 bits per heavy atom. The van der Waals surface area contributed by atoms with Gasteiger partial charge in [-0.1, -0.05) is 40.0 Å². The van der Waals surface area contributed by atoms with Gasteiger partial charge in [0.25, 0.3) is 0 Å². The number of hydrogen-bond acceptors (Lipinski definition) is 2. The first kappa shape index (κ1) is 19.4. The number of rotatable bonds is 11. The van der Waals surface area contributed by atoms with Crippen molar-refractivity contribution in [3.8, 4) is 0 Å². The van der Waals surface area contributed by atoms with Crippen LogP contribution in [-0.2, 0) is 9.47 Å². The highest BCUT2D eigenvalue weighted by atomic mass is 31.2. The van der Waals surface area contributed by atoms with E-state index in [0.29, 0.717) is 6.10 Å². The Labute approximate surface area is 133 Å². The van der Waals surface area contributed by atoms with Gasteiger partial charge in [0.1, 0.15) is 6.10 Å². The van der Waals surface area contributed by atoms with Crippen LogP contribution < -0.4 is 0 Å². The van der Waals surface area contributed by atoms with Crippen molar-refractivity contribution in [1.29, 1.82) is 0 Å². The zero-order valence-electron chi connectivity index (χ0n) is 15.1. The maximum Gasteiger partial charge on any atom is 0.163 e. The Morgan fingerprint density at radius 2 is 1.38 bits per heavy atom. The van der Waals surface area contributed by atoms with Gasteiger partial charge >= 0.3 is 0 Å². The second-order valence-electron chi connectivity index (χ2n) is 7.21. The fourth-order valence-corrected chi connectivity index (χ4v) is 8.60. The van der Waals surface area contributed by atoms with Crippen molar-refractivity contribution < 1.29 is 9.47 Å². The molecule has 0 aromatic rings. The molecule has 1 rings (SSSR count). The SMILES string of the molecule is CCCC[P+](CCCC)(CCCC)CC1COC(C)(C)O1. The summed E-state index contributed by atoms with van der Waals surface area (Å²) in [5, 5.41) is 0. The molecule has 2 nitrogen and oxygen atoms in total. The van der Waals surface area contributed by atoms with Gasteiger partial charge in [0.2, 0.25) is 0 Å². The molecule has 0 N–H and O–H groups in total. The maximum atomic E-state index is 6.15. The van der Waals surface area contributed by atoms with E-state index in [2.05, 4.69) is 34.6 Å². The molecule has 0 aliphatic carbocycles. The van der Waals surface area contributed by atoms with Crippen LogP contribution in [0.15, 0.2) is 0 Å². The van der Waals surface area contributed by atoms with Gasteiger partial charge in [0.05, 0.1) is 31.3 Å². The van der Waals surface area contributed by atoms with Crippen LogP contribution in [-0.4, -0.2) is 43.1 Å². The first-order valence-electron chi connectivity index (χ1n) is 9.14. The van der Waals surface area contributed by atoms with Crippen molar-refractivity contribution >= 4 is 7.26 Å². The van der Waals surface area contributed by atoms with Crippen LogP contribution >= 0.6 is 7.26 Å². The Morgan fingerprint density at radius 3 is 1.71 bits per heavy atom. The van der Waals surface area contributed by atoms with Gasteiger partial charge in [0.15, 0.2) is 5.79 Å². The monoisotopic (exact) mass is 317 g/mol. The van der Waals surface area contributed by atoms with Crippen LogP contribution in [0.5, 0.6) is 0 Å². The predicted molar refractivity (Wildman–Crippen MR) is 96.0 cm³/mol. The number of unbranched alkanes of at least 4 members (excludes halogenated alkanes) is 3. The Hall–Kier alpha value is 0.350. The molecule has 1 aliphatic rings. The molecule has 21 heavy (non-hydrogen) atoms. The lowest BCUT2D eigenvalue weighted by Crippen LogP contribution is -2.26. The second kappa shape index (κ2) is 9.48. The Balaban J connectivity index is 2.70. The molecule has 1 aliphatic heterocycles. The molecule has 0 aromatic heterocycles. The molecule has 0 saturated carbocycles. The van der Waals surface area contributed by atoms with Gasteiger partial charge < -0.3 is 9.47 Å². The van der Waals surface area contributed by atoms with Crippen molar-refractivity contribution in [2.45, 2.75) is 85.0 Å². The first-order valence-corrected chi connectivity index (χ1v) is 11.7. The molecule has 0 radical (unpaired) electrons. The molecule has 1 saturated heterocycles.